The van der Waals surface area contributed by atoms with Gasteiger partial charge in [0.1, 0.15) is 5.60 Å². The minimum atomic E-state index is -3.78. The number of hydrogen-bond donors (Lipinski definition) is 2. The molecule has 1 aromatic rings. The Labute approximate surface area is 95.7 Å². The molecule has 84 valence electrons. The van der Waals surface area contributed by atoms with Gasteiger partial charge in [-0.1, -0.05) is 0 Å². The molecule has 0 unspecified atom stereocenters. The van der Waals surface area contributed by atoms with Crippen molar-refractivity contribution in [1.29, 1.82) is 0 Å². The number of sulfonamides is 1. The Hall–Kier alpha value is -0.570. The third-order valence-corrected chi connectivity index (χ3v) is 2.96. The first-order valence-electron chi connectivity index (χ1n) is 3.91. The lowest BCUT2D eigenvalue weighted by molar-refractivity contribution is 0.0720. The number of hydrogen-bond acceptors (Lipinski definition) is 5. The van der Waals surface area contributed by atoms with Gasteiger partial charge in [0.2, 0.25) is 10.0 Å². The van der Waals surface area contributed by atoms with Crippen LogP contribution in [0.25, 0.3) is 0 Å². The molecular weight excluding hydrogens is 286 g/mol. The molecule has 8 heteroatoms. The molecule has 0 saturated heterocycles. The number of primary sulfonamides is 1. The van der Waals surface area contributed by atoms with Gasteiger partial charge in [-0.25, -0.2) is 23.5 Å². The van der Waals surface area contributed by atoms with E-state index in [1.54, 1.807) is 0 Å². The highest BCUT2D eigenvalue weighted by molar-refractivity contribution is 9.10. The van der Waals surface area contributed by atoms with Crippen LogP contribution in [0.15, 0.2) is 16.9 Å². The fraction of sp³-hybridized carbons (Fsp3) is 0.429. The smallest absolute Gasteiger partial charge is 0.212 e. The van der Waals surface area contributed by atoms with E-state index in [-0.39, 0.29) is 5.82 Å². The van der Waals surface area contributed by atoms with E-state index in [0.717, 1.165) is 0 Å². The molecule has 0 aliphatic carbocycles. The van der Waals surface area contributed by atoms with Gasteiger partial charge in [0.15, 0.2) is 5.82 Å². The van der Waals surface area contributed by atoms with Crippen LogP contribution in [0.2, 0.25) is 0 Å². The van der Waals surface area contributed by atoms with Crippen molar-refractivity contribution in [3.63, 3.8) is 0 Å². The average Bonchev–Trinajstić information content (AvgIpc) is 2.00. The summed E-state index contributed by atoms with van der Waals surface area (Å²) in [6.07, 6.45) is 2.83. The number of nitrogens with zero attached hydrogens (tertiary/aromatic N) is 2. The van der Waals surface area contributed by atoms with E-state index in [1.807, 2.05) is 0 Å². The van der Waals surface area contributed by atoms with Gasteiger partial charge in [0.05, 0.1) is 10.2 Å². The van der Waals surface area contributed by atoms with Crippen molar-refractivity contribution in [2.24, 2.45) is 5.14 Å². The molecule has 15 heavy (non-hydrogen) atoms. The number of halogens is 1. The Morgan fingerprint density at radius 2 is 2.00 bits per heavy atom. The van der Waals surface area contributed by atoms with Crippen molar-refractivity contribution in [3.05, 3.63) is 22.7 Å². The maximum absolute atomic E-state index is 10.8. The van der Waals surface area contributed by atoms with Crippen LogP contribution in [0, 0.1) is 0 Å². The van der Waals surface area contributed by atoms with Gasteiger partial charge in [0, 0.05) is 12.4 Å². The quantitative estimate of drug-likeness (QED) is 0.799. The predicted molar refractivity (Wildman–Crippen MR) is 57.3 cm³/mol. The lowest BCUT2D eigenvalue weighted by Gasteiger charge is -2.19. The molecule has 3 N–H and O–H groups in total. The van der Waals surface area contributed by atoms with Crippen molar-refractivity contribution in [3.8, 4) is 0 Å². The van der Waals surface area contributed by atoms with Crippen LogP contribution < -0.4 is 5.14 Å². The number of aromatic nitrogens is 2. The monoisotopic (exact) mass is 295 g/mol. The Balaban J connectivity index is 3.00. The molecule has 1 heterocycles. The molecule has 0 aliphatic heterocycles. The molecule has 1 rings (SSSR count). The van der Waals surface area contributed by atoms with Gasteiger partial charge in [-0.15, -0.1) is 0 Å². The molecule has 1 aromatic heterocycles. The van der Waals surface area contributed by atoms with Gasteiger partial charge in [0.25, 0.3) is 0 Å². The Kier molecular flexibility index (Phi) is 3.44. The molecular formula is C7H10BrN3O3S. The van der Waals surface area contributed by atoms with Crippen molar-refractivity contribution in [2.45, 2.75) is 12.5 Å². The molecule has 0 aliphatic rings. The van der Waals surface area contributed by atoms with Crippen molar-refractivity contribution in [2.75, 3.05) is 5.75 Å². The lowest BCUT2D eigenvalue weighted by Crippen LogP contribution is -2.36. The van der Waals surface area contributed by atoms with Gasteiger partial charge in [-0.3, -0.25) is 0 Å². The van der Waals surface area contributed by atoms with Crippen LogP contribution >= 0.6 is 15.9 Å². The number of aliphatic hydroxyl groups is 1. The zero-order chi connectivity index (χ0) is 11.7. The Bertz CT molecular complexity index is 443. The standard InChI is InChI=1S/C7H10BrN3O3S/c1-7(12,4-15(9,13)14)6-10-2-5(8)3-11-6/h2-3,12H,4H2,1H3,(H2,9,13,14)/t7-/m0/s1. The summed E-state index contributed by atoms with van der Waals surface area (Å²) in [7, 11) is -3.78. The van der Waals surface area contributed by atoms with E-state index in [9.17, 15) is 13.5 Å². The first-order chi connectivity index (χ1) is 6.71. The van der Waals surface area contributed by atoms with Crippen molar-refractivity contribution >= 4 is 26.0 Å². The zero-order valence-electron chi connectivity index (χ0n) is 7.88. The second kappa shape index (κ2) is 4.12. The SMILES string of the molecule is C[C@](O)(CS(N)(=O)=O)c1ncc(Br)cn1. The molecule has 6 nitrogen and oxygen atoms in total. The highest BCUT2D eigenvalue weighted by atomic mass is 79.9. The van der Waals surface area contributed by atoms with Crippen molar-refractivity contribution < 1.29 is 13.5 Å². The molecule has 0 radical (unpaired) electrons. The molecule has 1 atom stereocenters. The maximum Gasteiger partial charge on any atom is 0.212 e. The molecule has 0 fully saturated rings. The number of nitrogens with two attached hydrogens (primary N) is 1. The fourth-order valence-electron chi connectivity index (χ4n) is 1.05. The molecule has 0 bridgehead atoms. The largest absolute Gasteiger partial charge is 0.381 e. The average molecular weight is 296 g/mol. The maximum atomic E-state index is 10.8. The summed E-state index contributed by atoms with van der Waals surface area (Å²) >= 11 is 3.12. The van der Waals surface area contributed by atoms with Crippen molar-refractivity contribution in [1.82, 2.24) is 9.97 Å². The van der Waals surface area contributed by atoms with Crippen LogP contribution in [0.3, 0.4) is 0 Å². The van der Waals surface area contributed by atoms with Crippen LogP contribution in [0.5, 0.6) is 0 Å². The van der Waals surface area contributed by atoms with Gasteiger partial charge in [-0.05, 0) is 22.9 Å². The molecule has 0 saturated carbocycles. The van der Waals surface area contributed by atoms with Crippen LogP contribution in [-0.4, -0.2) is 29.2 Å². The first kappa shape index (κ1) is 12.5. The Morgan fingerprint density at radius 1 is 1.53 bits per heavy atom. The summed E-state index contributed by atoms with van der Waals surface area (Å²) in [5.74, 6) is -0.610. The summed E-state index contributed by atoms with van der Waals surface area (Å²) in [5, 5.41) is 14.6. The predicted octanol–water partition coefficient (Wildman–Crippen LogP) is -0.265. The third-order valence-electron chi connectivity index (χ3n) is 1.58. The second-order valence-corrected chi connectivity index (χ2v) is 5.84. The van der Waals surface area contributed by atoms with Gasteiger partial charge >= 0.3 is 0 Å². The zero-order valence-corrected chi connectivity index (χ0v) is 10.3. The lowest BCUT2D eigenvalue weighted by atomic mass is 10.1. The summed E-state index contributed by atoms with van der Waals surface area (Å²) in [4.78, 5) is 7.61. The van der Waals surface area contributed by atoms with Gasteiger partial charge < -0.3 is 5.11 Å². The number of rotatable bonds is 3. The molecule has 0 aromatic carbocycles. The fourth-order valence-corrected chi connectivity index (χ4v) is 2.16. The minimum Gasteiger partial charge on any atom is -0.381 e. The summed E-state index contributed by atoms with van der Waals surface area (Å²) in [6.45, 7) is 1.29. The summed E-state index contributed by atoms with van der Waals surface area (Å²) in [6, 6.07) is 0. The van der Waals surface area contributed by atoms with E-state index in [4.69, 9.17) is 5.14 Å². The van der Waals surface area contributed by atoms with E-state index in [2.05, 4.69) is 25.9 Å². The normalized spacial score (nSPS) is 16.0. The van der Waals surface area contributed by atoms with Crippen LogP contribution in [0.4, 0.5) is 0 Å². The first-order valence-corrected chi connectivity index (χ1v) is 6.42. The minimum absolute atomic E-state index is 0.0136. The summed E-state index contributed by atoms with van der Waals surface area (Å²) in [5.41, 5.74) is -1.69. The topological polar surface area (TPSA) is 106 Å². The van der Waals surface area contributed by atoms with Gasteiger partial charge in [-0.2, -0.15) is 0 Å². The van der Waals surface area contributed by atoms with E-state index < -0.39 is 21.4 Å². The third kappa shape index (κ3) is 3.82. The highest BCUT2D eigenvalue weighted by Crippen LogP contribution is 2.18. The second-order valence-electron chi connectivity index (χ2n) is 3.31. The van der Waals surface area contributed by atoms with Crippen LogP contribution in [0.1, 0.15) is 12.7 Å². The van der Waals surface area contributed by atoms with E-state index in [0.29, 0.717) is 4.47 Å². The molecule has 0 spiro atoms. The Morgan fingerprint density at radius 3 is 2.40 bits per heavy atom. The van der Waals surface area contributed by atoms with E-state index in [1.165, 1.54) is 19.3 Å². The molecule has 0 amide bonds. The van der Waals surface area contributed by atoms with Crippen LogP contribution in [-0.2, 0) is 15.6 Å². The summed E-state index contributed by atoms with van der Waals surface area (Å²) < 4.78 is 22.3. The van der Waals surface area contributed by atoms with E-state index >= 15 is 0 Å². The highest BCUT2D eigenvalue weighted by Gasteiger charge is 2.31.